The van der Waals surface area contributed by atoms with Crippen LogP contribution in [0.15, 0.2) is 29.6 Å². The Kier molecular flexibility index (Phi) is 8.02. The SMILES string of the molecule is COc1ccc(CCC(C)NC(=O)c2csc(CN)n2)cc1.Cl. The first-order valence-electron chi connectivity index (χ1n) is 7.20. The molecule has 0 bridgehead atoms. The molecule has 0 fully saturated rings. The molecule has 5 nitrogen and oxygen atoms in total. The van der Waals surface area contributed by atoms with Crippen LogP contribution in [-0.2, 0) is 13.0 Å². The number of rotatable bonds is 7. The van der Waals surface area contributed by atoms with Gasteiger partial charge in [0, 0.05) is 18.0 Å². The smallest absolute Gasteiger partial charge is 0.270 e. The maximum Gasteiger partial charge on any atom is 0.270 e. The molecule has 1 atom stereocenters. The van der Waals surface area contributed by atoms with Crippen molar-refractivity contribution >= 4 is 29.7 Å². The van der Waals surface area contributed by atoms with E-state index in [4.69, 9.17) is 10.5 Å². The summed E-state index contributed by atoms with van der Waals surface area (Å²) < 4.78 is 5.14. The van der Waals surface area contributed by atoms with Crippen LogP contribution in [0, 0.1) is 0 Å². The largest absolute Gasteiger partial charge is 0.497 e. The fraction of sp³-hybridized carbons (Fsp3) is 0.375. The number of amides is 1. The zero-order valence-corrected chi connectivity index (χ0v) is 14.9. The Labute approximate surface area is 146 Å². The summed E-state index contributed by atoms with van der Waals surface area (Å²) in [5, 5.41) is 5.48. The number of aryl methyl sites for hydroxylation is 1. The summed E-state index contributed by atoms with van der Waals surface area (Å²) in [6, 6.07) is 8.06. The van der Waals surface area contributed by atoms with Gasteiger partial charge in [-0.25, -0.2) is 4.98 Å². The Morgan fingerprint density at radius 3 is 2.65 bits per heavy atom. The van der Waals surface area contributed by atoms with Crippen molar-refractivity contribution in [2.24, 2.45) is 5.73 Å². The van der Waals surface area contributed by atoms with Crippen molar-refractivity contribution in [2.75, 3.05) is 7.11 Å². The third-order valence-electron chi connectivity index (χ3n) is 3.36. The van der Waals surface area contributed by atoms with Crippen molar-refractivity contribution in [3.05, 3.63) is 45.9 Å². The molecule has 0 saturated carbocycles. The highest BCUT2D eigenvalue weighted by molar-refractivity contribution is 7.09. The molecule has 0 aliphatic heterocycles. The summed E-state index contributed by atoms with van der Waals surface area (Å²) in [6.07, 6.45) is 1.77. The van der Waals surface area contributed by atoms with Gasteiger partial charge in [-0.3, -0.25) is 4.79 Å². The van der Waals surface area contributed by atoms with Gasteiger partial charge in [0.05, 0.1) is 7.11 Å². The highest BCUT2D eigenvalue weighted by atomic mass is 35.5. The summed E-state index contributed by atoms with van der Waals surface area (Å²) in [5.74, 6) is 0.711. The van der Waals surface area contributed by atoms with Crippen LogP contribution in [0.3, 0.4) is 0 Å². The first kappa shape index (κ1) is 19.4. The van der Waals surface area contributed by atoms with Crippen molar-refractivity contribution in [3.63, 3.8) is 0 Å². The molecular weight excluding hydrogens is 334 g/mol. The van der Waals surface area contributed by atoms with E-state index in [2.05, 4.69) is 10.3 Å². The van der Waals surface area contributed by atoms with E-state index in [9.17, 15) is 4.79 Å². The van der Waals surface area contributed by atoms with Gasteiger partial charge < -0.3 is 15.8 Å². The minimum absolute atomic E-state index is 0. The number of carbonyl (C=O) groups excluding carboxylic acids is 1. The summed E-state index contributed by atoms with van der Waals surface area (Å²) in [5.41, 5.74) is 7.17. The van der Waals surface area contributed by atoms with Gasteiger partial charge in [-0.1, -0.05) is 12.1 Å². The van der Waals surface area contributed by atoms with Crippen molar-refractivity contribution in [3.8, 4) is 5.75 Å². The minimum atomic E-state index is -0.141. The van der Waals surface area contributed by atoms with E-state index < -0.39 is 0 Å². The zero-order valence-electron chi connectivity index (χ0n) is 13.2. The van der Waals surface area contributed by atoms with Crippen LogP contribution in [0.25, 0.3) is 0 Å². The van der Waals surface area contributed by atoms with Crippen molar-refractivity contribution in [1.29, 1.82) is 0 Å². The Bertz CT molecular complexity index is 616. The monoisotopic (exact) mass is 355 g/mol. The van der Waals surface area contributed by atoms with Crippen LogP contribution in [0.1, 0.15) is 34.4 Å². The van der Waals surface area contributed by atoms with Gasteiger partial charge in [0.15, 0.2) is 0 Å². The van der Waals surface area contributed by atoms with Crippen LogP contribution in [0.2, 0.25) is 0 Å². The van der Waals surface area contributed by atoms with Gasteiger partial charge in [-0.05, 0) is 37.5 Å². The van der Waals surface area contributed by atoms with Crippen molar-refractivity contribution in [1.82, 2.24) is 10.3 Å². The predicted octanol–water partition coefficient (Wildman–Crippen LogP) is 2.78. The number of benzene rings is 1. The molecule has 1 amide bonds. The van der Waals surface area contributed by atoms with Gasteiger partial charge in [0.25, 0.3) is 5.91 Å². The van der Waals surface area contributed by atoms with Crippen LogP contribution < -0.4 is 15.8 Å². The van der Waals surface area contributed by atoms with Gasteiger partial charge in [-0.15, -0.1) is 23.7 Å². The van der Waals surface area contributed by atoms with Crippen LogP contribution in [-0.4, -0.2) is 24.0 Å². The zero-order chi connectivity index (χ0) is 15.9. The maximum absolute atomic E-state index is 12.1. The lowest BCUT2D eigenvalue weighted by Gasteiger charge is -2.13. The molecule has 1 aromatic carbocycles. The topological polar surface area (TPSA) is 77.2 Å². The van der Waals surface area contributed by atoms with E-state index in [0.29, 0.717) is 12.2 Å². The molecule has 0 spiro atoms. The molecule has 2 aromatic rings. The van der Waals surface area contributed by atoms with Crippen LogP contribution in [0.5, 0.6) is 5.75 Å². The average molecular weight is 356 g/mol. The third-order valence-corrected chi connectivity index (χ3v) is 4.23. The molecule has 0 aliphatic carbocycles. The number of nitrogens with one attached hydrogen (secondary N) is 1. The predicted molar refractivity (Wildman–Crippen MR) is 95.5 cm³/mol. The normalized spacial score (nSPS) is 11.4. The molecule has 0 saturated heterocycles. The molecule has 0 radical (unpaired) electrons. The molecule has 126 valence electrons. The number of halogens is 1. The second kappa shape index (κ2) is 9.50. The molecule has 23 heavy (non-hydrogen) atoms. The van der Waals surface area contributed by atoms with Gasteiger partial charge in [0.1, 0.15) is 16.5 Å². The average Bonchev–Trinajstić information content (AvgIpc) is 3.02. The molecule has 7 heteroatoms. The second-order valence-electron chi connectivity index (χ2n) is 5.09. The summed E-state index contributed by atoms with van der Waals surface area (Å²) >= 11 is 1.41. The van der Waals surface area contributed by atoms with E-state index in [1.54, 1.807) is 12.5 Å². The van der Waals surface area contributed by atoms with Gasteiger partial charge in [0.2, 0.25) is 0 Å². The fourth-order valence-corrected chi connectivity index (χ4v) is 2.71. The van der Waals surface area contributed by atoms with Crippen LogP contribution in [0.4, 0.5) is 0 Å². The molecule has 1 aromatic heterocycles. The highest BCUT2D eigenvalue weighted by Gasteiger charge is 2.13. The Morgan fingerprint density at radius 1 is 1.39 bits per heavy atom. The Morgan fingerprint density at radius 2 is 2.09 bits per heavy atom. The number of ether oxygens (including phenoxy) is 1. The molecule has 2 rings (SSSR count). The molecule has 1 unspecified atom stereocenters. The van der Waals surface area contributed by atoms with E-state index in [1.807, 2.05) is 31.2 Å². The number of aromatic nitrogens is 1. The molecule has 3 N–H and O–H groups in total. The Hall–Kier alpha value is -1.63. The number of carbonyl (C=O) groups is 1. The van der Waals surface area contributed by atoms with Gasteiger partial charge in [-0.2, -0.15) is 0 Å². The highest BCUT2D eigenvalue weighted by Crippen LogP contribution is 2.13. The van der Waals surface area contributed by atoms with Crippen molar-refractivity contribution < 1.29 is 9.53 Å². The summed E-state index contributed by atoms with van der Waals surface area (Å²) in [4.78, 5) is 16.2. The number of hydrogen-bond donors (Lipinski definition) is 2. The summed E-state index contributed by atoms with van der Waals surface area (Å²) in [6.45, 7) is 2.36. The fourth-order valence-electron chi connectivity index (χ4n) is 2.05. The molecular formula is C16H22ClN3O2S. The first-order valence-corrected chi connectivity index (χ1v) is 8.08. The van der Waals surface area contributed by atoms with E-state index in [-0.39, 0.29) is 24.4 Å². The number of nitrogens with zero attached hydrogens (tertiary/aromatic N) is 1. The van der Waals surface area contributed by atoms with Crippen LogP contribution >= 0.6 is 23.7 Å². The second-order valence-corrected chi connectivity index (χ2v) is 6.03. The number of thiazole rings is 1. The van der Waals surface area contributed by atoms with E-state index in [1.165, 1.54) is 16.9 Å². The lowest BCUT2D eigenvalue weighted by Crippen LogP contribution is -2.33. The number of methoxy groups -OCH3 is 1. The maximum atomic E-state index is 12.1. The summed E-state index contributed by atoms with van der Waals surface area (Å²) in [7, 11) is 1.65. The van der Waals surface area contributed by atoms with E-state index in [0.717, 1.165) is 23.6 Å². The number of hydrogen-bond acceptors (Lipinski definition) is 5. The van der Waals surface area contributed by atoms with Gasteiger partial charge >= 0.3 is 0 Å². The quantitative estimate of drug-likeness (QED) is 0.800. The molecule has 0 aliphatic rings. The minimum Gasteiger partial charge on any atom is -0.497 e. The Balaban J connectivity index is 0.00000264. The molecule has 1 heterocycles. The number of nitrogens with two attached hydrogens (primary N) is 1. The lowest BCUT2D eigenvalue weighted by molar-refractivity contribution is 0.0934. The van der Waals surface area contributed by atoms with Crippen molar-refractivity contribution in [2.45, 2.75) is 32.4 Å². The third kappa shape index (κ3) is 5.82. The van der Waals surface area contributed by atoms with E-state index >= 15 is 0 Å². The lowest BCUT2D eigenvalue weighted by atomic mass is 10.1. The first-order chi connectivity index (χ1) is 10.6. The standard InChI is InChI=1S/C16H21N3O2S.ClH/c1-11(3-4-12-5-7-13(21-2)8-6-12)18-16(20)14-10-22-15(9-17)19-14;/h5-8,10-11H,3-4,9,17H2,1-2H3,(H,18,20);1H.